The van der Waals surface area contributed by atoms with Crippen LogP contribution in [0.1, 0.15) is 127 Å². The number of aliphatic carboxylic acids is 1. The summed E-state index contributed by atoms with van der Waals surface area (Å²) < 4.78 is 0. The number of carbonyl (C=O) groups excluding carboxylic acids is 17. The number of ketones is 1. The van der Waals surface area contributed by atoms with Crippen molar-refractivity contribution < 1.29 is 107 Å². The smallest absolute Gasteiger partial charge is 0.305 e. The van der Waals surface area contributed by atoms with Gasteiger partial charge in [0.25, 0.3) is 0 Å². The van der Waals surface area contributed by atoms with Crippen LogP contribution in [-0.2, 0) is 112 Å². The first-order valence-electron chi connectivity index (χ1n) is 43.8. The Kier molecular flexibility index (Phi) is 37.6. The number of aromatic nitrogens is 4. The number of hydrogen-bond donors (Lipinski definition) is 19. The number of imidazole rings is 1. The van der Waals surface area contributed by atoms with E-state index in [0.717, 1.165) is 36.3 Å². The number of aliphatic hydroxyl groups is 2. The number of aliphatic hydroxyl groups excluding tert-OH is 2. The van der Waals surface area contributed by atoms with E-state index in [4.69, 9.17) is 17.2 Å². The summed E-state index contributed by atoms with van der Waals surface area (Å²) in [4.78, 5) is 279. The number of nitrogens with one attached hydrogen (secondary N) is 12. The number of phenolic OH excluding ortho intramolecular Hbond substituents is 1. The molecule has 3 aliphatic rings. The standard InChI is InChI=1S/C88H119N21O22S/c1-7-9-20-67-82(125)102-64(37-89)80(123)104-66(78(121)95-41-73(91)115)44-132-45-74(116)97-61(30-48-23-25-53(111)26-24-48)84(127)105(4)47(3)76(119)100-63(36-75(117)118)87(130)108-29-15-22-68(108)83(126)99-60(34-52-40-92-46-96-52)79(122)98-59(27-28-72(90)114)86(129)109-42-54(112)35-70(109)71(113)33-49(31-50-38-93-57-18-13-11-16-55(50)57)77(120)103-65(43-110)81(124)101-62(32-51-39-94-58-19-14-12-17-56(51)58)85(128)107(6)69(21-10-8-2)88(131)106(67)5/h11-14,16-19,23-26,38-40,46-47,49,54,59-70,93-94,110-112H,7-10,15,20-22,27-37,41-45,89H2,1-6H3,(H2,90,114)(H2,91,115)(H,92,96)(H,95,121)(H,97,116)(H,98,122)(H,99,126)(H,100,119)(H,101,124)(H,102,125)(H,103,120)(H,104,123)(H,117,118)/t47-,49+,54+,59-,60-,61-,62-,63-,64-,65-,66-,67-,68-,69-,70-/m0/s1. The second kappa shape index (κ2) is 48.5. The minimum Gasteiger partial charge on any atom is -0.508 e. The number of carbonyl (C=O) groups is 18. The van der Waals surface area contributed by atoms with Crippen LogP contribution >= 0.6 is 11.8 Å². The first-order chi connectivity index (χ1) is 62.9. The van der Waals surface area contributed by atoms with Crippen LogP contribution in [0.3, 0.4) is 0 Å². The van der Waals surface area contributed by atoms with Gasteiger partial charge in [-0.3, -0.25) is 86.3 Å². The molecule has 0 bridgehead atoms. The second-order valence-electron chi connectivity index (χ2n) is 33.3. The predicted molar refractivity (Wildman–Crippen MR) is 478 cm³/mol. The maximum atomic E-state index is 15.6. The largest absolute Gasteiger partial charge is 0.508 e. The molecule has 6 heterocycles. The lowest BCUT2D eigenvalue weighted by molar-refractivity contribution is -0.149. The number of phenols is 1. The summed E-state index contributed by atoms with van der Waals surface area (Å²) in [5, 5.41) is 67.3. The van der Waals surface area contributed by atoms with Crippen LogP contribution in [0.25, 0.3) is 21.8 Å². The number of aromatic amines is 3. The molecule has 3 aromatic carbocycles. The number of para-hydroxylation sites is 2. The average molecular weight is 1860 g/mol. The number of nitrogens with zero attached hydrogens (tertiary/aromatic N) is 6. The number of unbranched alkanes of at least 4 members (excludes halogenated alkanes) is 2. The van der Waals surface area contributed by atoms with E-state index in [1.165, 1.54) is 64.9 Å². The zero-order chi connectivity index (χ0) is 96.3. The molecular formula is C88H119N21O22S. The third kappa shape index (κ3) is 27.6. The van der Waals surface area contributed by atoms with E-state index < -0.39 is 273 Å². The normalized spacial score (nSPS) is 25.1. The topological polar surface area (TPSA) is 651 Å². The van der Waals surface area contributed by atoms with Crippen LogP contribution in [0, 0.1) is 5.92 Å². The Morgan fingerprint density at radius 1 is 0.568 bits per heavy atom. The summed E-state index contributed by atoms with van der Waals surface area (Å²) in [6.07, 6.45) is 1.52. The molecule has 3 fully saturated rings. The van der Waals surface area contributed by atoms with E-state index in [-0.39, 0.29) is 62.9 Å². The van der Waals surface area contributed by atoms with E-state index in [2.05, 4.69) is 67.8 Å². The Balaban J connectivity index is 1.09. The summed E-state index contributed by atoms with van der Waals surface area (Å²) in [6, 6.07) is -1.56. The van der Waals surface area contributed by atoms with Gasteiger partial charge in [-0.1, -0.05) is 88.1 Å². The van der Waals surface area contributed by atoms with Gasteiger partial charge in [-0.25, -0.2) is 4.98 Å². The number of nitrogens with two attached hydrogens (primary N) is 3. The highest BCUT2D eigenvalue weighted by Gasteiger charge is 2.47. The Bertz CT molecular complexity index is 5150. The second-order valence-corrected chi connectivity index (χ2v) is 34.4. The fraction of sp³-hybridized carbons (Fsp3) is 0.511. The molecule has 22 N–H and O–H groups in total. The first-order valence-corrected chi connectivity index (χ1v) is 44.9. The Morgan fingerprint density at radius 2 is 1.14 bits per heavy atom. The maximum Gasteiger partial charge on any atom is 0.305 e. The number of carboxylic acids is 1. The van der Waals surface area contributed by atoms with Crippen LogP contribution in [0.15, 0.2) is 97.7 Å². The van der Waals surface area contributed by atoms with Crippen LogP contribution in [0.5, 0.6) is 5.75 Å². The third-order valence-corrected chi connectivity index (χ3v) is 24.8. The number of hydrogen-bond acceptors (Lipinski definition) is 24. The molecule has 43 nitrogen and oxygen atoms in total. The van der Waals surface area contributed by atoms with Gasteiger partial charge in [0.2, 0.25) is 94.5 Å². The van der Waals surface area contributed by atoms with E-state index in [0.29, 0.717) is 64.2 Å². The van der Waals surface area contributed by atoms with Gasteiger partial charge in [0.15, 0.2) is 5.78 Å². The Hall–Kier alpha value is -13.4. The van der Waals surface area contributed by atoms with Crippen LogP contribution in [0.4, 0.5) is 0 Å². The lowest BCUT2D eigenvalue weighted by Crippen LogP contribution is -2.61. The van der Waals surface area contributed by atoms with Gasteiger partial charge >= 0.3 is 5.97 Å². The molecule has 3 aromatic heterocycles. The van der Waals surface area contributed by atoms with Crippen molar-refractivity contribution in [1.29, 1.82) is 0 Å². The molecule has 0 aliphatic carbocycles. The molecule has 44 heteroatoms. The molecule has 0 radical (unpaired) electrons. The summed E-state index contributed by atoms with van der Waals surface area (Å²) in [5.41, 5.74) is 20.0. The van der Waals surface area contributed by atoms with Gasteiger partial charge in [0.1, 0.15) is 78.3 Å². The number of carboxylic acid groups (broad SMARTS) is 1. The molecule has 714 valence electrons. The molecule has 3 saturated heterocycles. The molecule has 3 aliphatic heterocycles. The summed E-state index contributed by atoms with van der Waals surface area (Å²) >= 11 is 0.739. The van der Waals surface area contributed by atoms with Crippen molar-refractivity contribution in [3.05, 3.63) is 120 Å². The minimum absolute atomic E-state index is 0.0122. The van der Waals surface area contributed by atoms with Crippen molar-refractivity contribution in [3.8, 4) is 5.75 Å². The summed E-state index contributed by atoms with van der Waals surface area (Å²) in [5.74, 6) is -20.8. The number of amides is 16. The molecule has 0 saturated carbocycles. The van der Waals surface area contributed by atoms with Crippen molar-refractivity contribution in [3.63, 3.8) is 0 Å². The molecule has 0 spiro atoms. The molecule has 6 aromatic rings. The number of fused-ring (bicyclic) bond motifs is 4. The third-order valence-electron chi connectivity index (χ3n) is 23.8. The van der Waals surface area contributed by atoms with Crippen molar-refractivity contribution in [2.45, 2.75) is 215 Å². The molecule has 0 unspecified atom stereocenters. The van der Waals surface area contributed by atoms with Crippen molar-refractivity contribution >= 4 is 140 Å². The number of rotatable bonds is 24. The van der Waals surface area contributed by atoms with Gasteiger partial charge in [-0.15, -0.1) is 11.8 Å². The fourth-order valence-corrected chi connectivity index (χ4v) is 17.2. The van der Waals surface area contributed by atoms with Crippen LogP contribution < -0.4 is 65.1 Å². The fourth-order valence-electron chi connectivity index (χ4n) is 16.3. The first kappa shape index (κ1) is 102. The number of Topliss-reactive ketones (excluding diaryl/α,β-unsaturated/α-hetero) is 1. The van der Waals surface area contributed by atoms with E-state index in [9.17, 15) is 73.2 Å². The van der Waals surface area contributed by atoms with Crippen LogP contribution in [0.2, 0.25) is 0 Å². The van der Waals surface area contributed by atoms with Crippen molar-refractivity contribution in [2.24, 2.45) is 23.1 Å². The highest BCUT2D eigenvalue weighted by Crippen LogP contribution is 2.30. The average Bonchev–Trinajstić information content (AvgIpc) is 1.59. The summed E-state index contributed by atoms with van der Waals surface area (Å²) in [6.45, 7) is 1.69. The number of benzene rings is 3. The van der Waals surface area contributed by atoms with Gasteiger partial charge in [0, 0.05) is 131 Å². The zero-order valence-electron chi connectivity index (χ0n) is 74.3. The van der Waals surface area contributed by atoms with Gasteiger partial charge in [0.05, 0.1) is 49.5 Å². The highest BCUT2D eigenvalue weighted by atomic mass is 32.2. The number of aromatic hydroxyl groups is 1. The number of thioether (sulfide) groups is 1. The monoisotopic (exact) mass is 1850 g/mol. The van der Waals surface area contributed by atoms with Crippen molar-refractivity contribution in [2.75, 3.05) is 65.4 Å². The van der Waals surface area contributed by atoms with Gasteiger partial charge in [-0.2, -0.15) is 0 Å². The van der Waals surface area contributed by atoms with E-state index >= 15 is 33.6 Å². The SMILES string of the molecule is CCCC[C@H]1C(=O)N(C)[C@@H](CCCC)C(=O)N[C@@H](CN)C(=O)N[C@H](C(=O)NCC(N)=O)CSCC(=O)N[C@@H](Cc2ccc(O)cc2)C(=O)N(C)[C@@H](C)C(=O)N[C@@H](CC(=O)O)C(=O)N2CCC[C@H]2C(=O)N[C@@H](Cc2c[nH]cn2)C(=O)N[C@@H](CCC(N)=O)C(=O)N2C[C@H](O)C[C@H]2C(=O)C[C@@H](Cc2c[nH]c3ccccc23)C(=O)N[C@@H](CO)C(=O)N[C@@H](Cc2c[nH]c3ccccc23)C(=O)N1C. The number of likely N-dealkylation sites (N-methyl/N-ethyl adjacent to an activating group) is 3. The molecule has 16 amide bonds. The predicted octanol–water partition coefficient (Wildman–Crippen LogP) is -3.32. The molecule has 9 rings (SSSR count). The summed E-state index contributed by atoms with van der Waals surface area (Å²) in [7, 11) is 3.83. The zero-order valence-corrected chi connectivity index (χ0v) is 75.1. The Labute approximate surface area is 764 Å². The Morgan fingerprint density at radius 3 is 1.75 bits per heavy atom. The molecule has 15 atom stereocenters. The van der Waals surface area contributed by atoms with Gasteiger partial charge < -0.3 is 125 Å². The quantitative estimate of drug-likeness (QED) is 0.0282. The van der Waals surface area contributed by atoms with E-state index in [1.807, 2.05) is 13.8 Å². The lowest BCUT2D eigenvalue weighted by atomic mass is 9.90. The minimum atomic E-state index is -1.93. The molecule has 132 heavy (non-hydrogen) atoms. The molecular weight excluding hydrogens is 1740 g/mol. The van der Waals surface area contributed by atoms with Crippen molar-refractivity contribution in [1.82, 2.24) is 92.3 Å². The van der Waals surface area contributed by atoms with Gasteiger partial charge in [-0.05, 0) is 86.4 Å². The lowest BCUT2D eigenvalue weighted by Gasteiger charge is -2.36. The highest BCUT2D eigenvalue weighted by molar-refractivity contribution is 8.00. The number of primary amides is 2. The number of H-pyrrole nitrogens is 3. The van der Waals surface area contributed by atoms with E-state index in [1.54, 1.807) is 60.9 Å². The maximum absolute atomic E-state index is 15.6. The van der Waals surface area contributed by atoms with Crippen LogP contribution in [-0.4, -0.2) is 321 Å².